The van der Waals surface area contributed by atoms with Gasteiger partial charge >= 0.3 is 0 Å². The minimum atomic E-state index is -0.905. The Balaban J connectivity index is 2.30. The maximum absolute atomic E-state index is 10.6. The molecule has 0 radical (unpaired) electrons. The molecule has 2 aromatic rings. The molecule has 1 N–H and O–H groups in total. The van der Waals surface area contributed by atoms with Gasteiger partial charge in [0, 0.05) is 16.9 Å². The van der Waals surface area contributed by atoms with Gasteiger partial charge in [0.05, 0.1) is 12.7 Å². The second-order valence-corrected chi connectivity index (χ2v) is 5.26. The predicted octanol–water partition coefficient (Wildman–Crippen LogP) is 3.21. The largest absolute Gasteiger partial charge is 0.496 e. The van der Waals surface area contributed by atoms with Gasteiger partial charge in [-0.1, -0.05) is 24.3 Å². The van der Waals surface area contributed by atoms with Crippen LogP contribution in [0, 0.1) is 0 Å². The van der Waals surface area contributed by atoms with Gasteiger partial charge in [-0.2, -0.15) is 0 Å². The summed E-state index contributed by atoms with van der Waals surface area (Å²) in [5.41, 5.74) is -0.0758. The van der Waals surface area contributed by atoms with Crippen LogP contribution in [-0.4, -0.2) is 12.2 Å². The van der Waals surface area contributed by atoms with E-state index >= 15 is 0 Å². The molecule has 0 aliphatic rings. The molecule has 2 rings (SSSR count). The summed E-state index contributed by atoms with van der Waals surface area (Å²) < 4.78 is 5.29. The third kappa shape index (κ3) is 2.68. The molecule has 1 atom stereocenters. The van der Waals surface area contributed by atoms with E-state index in [1.54, 1.807) is 18.4 Å². The Hall–Kier alpha value is -1.32. The minimum absolute atomic E-state index is 0.602. The number of methoxy groups -OCH3 is 1. The molecular formula is C14H16O2S. The van der Waals surface area contributed by atoms with Gasteiger partial charge in [0.15, 0.2) is 0 Å². The summed E-state index contributed by atoms with van der Waals surface area (Å²) in [7, 11) is 1.63. The molecule has 0 spiro atoms. The molecule has 0 aliphatic carbocycles. The van der Waals surface area contributed by atoms with Crippen molar-refractivity contribution < 1.29 is 9.84 Å². The number of para-hydroxylation sites is 1. The highest BCUT2D eigenvalue weighted by Crippen LogP contribution is 2.33. The van der Waals surface area contributed by atoms with Gasteiger partial charge in [-0.25, -0.2) is 0 Å². The summed E-state index contributed by atoms with van der Waals surface area (Å²) in [6.45, 7) is 1.82. The van der Waals surface area contributed by atoms with Crippen molar-refractivity contribution in [3.05, 3.63) is 52.2 Å². The van der Waals surface area contributed by atoms with Crippen LogP contribution in [0.15, 0.2) is 41.8 Å². The molecule has 1 unspecified atom stereocenters. The molecule has 2 nitrogen and oxygen atoms in total. The fourth-order valence-electron chi connectivity index (χ4n) is 1.94. The molecule has 90 valence electrons. The SMILES string of the molecule is COc1ccccc1C(C)(O)Cc1cccs1. The highest BCUT2D eigenvalue weighted by molar-refractivity contribution is 7.09. The summed E-state index contributed by atoms with van der Waals surface area (Å²) >= 11 is 1.66. The Morgan fingerprint density at radius 2 is 2.00 bits per heavy atom. The first-order valence-electron chi connectivity index (χ1n) is 5.52. The van der Waals surface area contributed by atoms with Crippen LogP contribution in [0.25, 0.3) is 0 Å². The van der Waals surface area contributed by atoms with Crippen LogP contribution >= 0.6 is 11.3 Å². The van der Waals surface area contributed by atoms with E-state index < -0.39 is 5.60 Å². The Bertz CT molecular complexity index is 475. The van der Waals surface area contributed by atoms with Crippen molar-refractivity contribution in [1.29, 1.82) is 0 Å². The number of benzene rings is 1. The first kappa shape index (κ1) is 12.1. The molecule has 0 saturated carbocycles. The first-order chi connectivity index (χ1) is 8.13. The third-order valence-corrected chi connectivity index (χ3v) is 3.66. The second kappa shape index (κ2) is 4.90. The predicted molar refractivity (Wildman–Crippen MR) is 70.6 cm³/mol. The molecule has 1 aromatic carbocycles. The van der Waals surface area contributed by atoms with E-state index in [1.807, 2.05) is 48.7 Å². The quantitative estimate of drug-likeness (QED) is 0.900. The Kier molecular flexibility index (Phi) is 3.50. The lowest BCUT2D eigenvalue weighted by Crippen LogP contribution is -2.24. The van der Waals surface area contributed by atoms with Crippen LogP contribution in [0.5, 0.6) is 5.75 Å². The van der Waals surface area contributed by atoms with Gasteiger partial charge in [-0.3, -0.25) is 0 Å². The smallest absolute Gasteiger partial charge is 0.124 e. The lowest BCUT2D eigenvalue weighted by Gasteiger charge is -2.25. The molecule has 1 heterocycles. The first-order valence-corrected chi connectivity index (χ1v) is 6.40. The zero-order chi connectivity index (χ0) is 12.3. The average molecular weight is 248 g/mol. The normalized spacial score (nSPS) is 14.3. The van der Waals surface area contributed by atoms with E-state index in [9.17, 15) is 5.11 Å². The zero-order valence-corrected chi connectivity index (χ0v) is 10.8. The summed E-state index contributed by atoms with van der Waals surface area (Å²) in [5.74, 6) is 0.731. The summed E-state index contributed by atoms with van der Waals surface area (Å²) in [6.07, 6.45) is 0.602. The number of ether oxygens (including phenoxy) is 1. The third-order valence-electron chi connectivity index (χ3n) is 2.79. The minimum Gasteiger partial charge on any atom is -0.496 e. The number of hydrogen-bond acceptors (Lipinski definition) is 3. The molecule has 17 heavy (non-hydrogen) atoms. The van der Waals surface area contributed by atoms with Crippen molar-refractivity contribution >= 4 is 11.3 Å². The van der Waals surface area contributed by atoms with Crippen LogP contribution in [0.2, 0.25) is 0 Å². The van der Waals surface area contributed by atoms with Crippen molar-refractivity contribution in [2.75, 3.05) is 7.11 Å². The standard InChI is InChI=1S/C14H16O2S/c1-14(15,10-11-6-5-9-17-11)12-7-3-4-8-13(12)16-2/h3-9,15H,10H2,1-2H3. The molecule has 1 aromatic heterocycles. The monoisotopic (exact) mass is 248 g/mol. The van der Waals surface area contributed by atoms with Crippen LogP contribution in [0.1, 0.15) is 17.4 Å². The van der Waals surface area contributed by atoms with Crippen molar-refractivity contribution in [3.8, 4) is 5.75 Å². The zero-order valence-electron chi connectivity index (χ0n) is 10.0. The number of thiophene rings is 1. The average Bonchev–Trinajstić information content (AvgIpc) is 2.81. The Labute approximate surface area is 105 Å². The van der Waals surface area contributed by atoms with E-state index in [-0.39, 0.29) is 0 Å². The maximum atomic E-state index is 10.6. The lowest BCUT2D eigenvalue weighted by atomic mass is 9.91. The number of aliphatic hydroxyl groups is 1. The van der Waals surface area contributed by atoms with Gasteiger partial charge in [-0.05, 0) is 24.4 Å². The number of hydrogen-bond donors (Lipinski definition) is 1. The van der Waals surface area contributed by atoms with Gasteiger partial charge in [0.1, 0.15) is 5.75 Å². The van der Waals surface area contributed by atoms with Gasteiger partial charge in [-0.15, -0.1) is 11.3 Å². The molecule has 0 aliphatic heterocycles. The van der Waals surface area contributed by atoms with Crippen molar-refractivity contribution in [3.63, 3.8) is 0 Å². The molecule has 0 saturated heterocycles. The van der Waals surface area contributed by atoms with Crippen LogP contribution in [0.3, 0.4) is 0 Å². The van der Waals surface area contributed by atoms with E-state index in [0.29, 0.717) is 6.42 Å². The fraction of sp³-hybridized carbons (Fsp3) is 0.286. The summed E-state index contributed by atoms with van der Waals surface area (Å²) in [6, 6.07) is 11.6. The maximum Gasteiger partial charge on any atom is 0.124 e. The Morgan fingerprint density at radius 3 is 2.65 bits per heavy atom. The van der Waals surface area contributed by atoms with E-state index in [2.05, 4.69) is 0 Å². The van der Waals surface area contributed by atoms with E-state index in [4.69, 9.17) is 4.74 Å². The van der Waals surface area contributed by atoms with Crippen LogP contribution in [0.4, 0.5) is 0 Å². The van der Waals surface area contributed by atoms with Gasteiger partial charge in [0.25, 0.3) is 0 Å². The highest BCUT2D eigenvalue weighted by atomic mass is 32.1. The summed E-state index contributed by atoms with van der Waals surface area (Å²) in [4.78, 5) is 1.17. The number of rotatable bonds is 4. The van der Waals surface area contributed by atoms with Crippen molar-refractivity contribution in [2.45, 2.75) is 18.9 Å². The summed E-state index contributed by atoms with van der Waals surface area (Å²) in [5, 5.41) is 12.6. The Morgan fingerprint density at radius 1 is 1.24 bits per heavy atom. The molecular weight excluding hydrogens is 232 g/mol. The van der Waals surface area contributed by atoms with E-state index in [0.717, 1.165) is 11.3 Å². The van der Waals surface area contributed by atoms with Crippen molar-refractivity contribution in [2.24, 2.45) is 0 Å². The van der Waals surface area contributed by atoms with Crippen LogP contribution in [-0.2, 0) is 12.0 Å². The molecule has 3 heteroatoms. The van der Waals surface area contributed by atoms with E-state index in [1.165, 1.54) is 4.88 Å². The lowest BCUT2D eigenvalue weighted by molar-refractivity contribution is 0.0558. The highest BCUT2D eigenvalue weighted by Gasteiger charge is 2.27. The van der Waals surface area contributed by atoms with Gasteiger partial charge in [0.2, 0.25) is 0 Å². The topological polar surface area (TPSA) is 29.5 Å². The van der Waals surface area contributed by atoms with Crippen molar-refractivity contribution in [1.82, 2.24) is 0 Å². The van der Waals surface area contributed by atoms with Crippen LogP contribution < -0.4 is 4.74 Å². The second-order valence-electron chi connectivity index (χ2n) is 4.23. The molecule has 0 amide bonds. The van der Waals surface area contributed by atoms with Gasteiger partial charge < -0.3 is 9.84 Å². The molecule has 0 fully saturated rings. The molecule has 0 bridgehead atoms. The fourth-order valence-corrected chi connectivity index (χ4v) is 2.79.